The van der Waals surface area contributed by atoms with Crippen LogP contribution >= 0.6 is 0 Å². The van der Waals surface area contributed by atoms with Crippen molar-refractivity contribution in [2.75, 3.05) is 19.0 Å². The molecule has 0 saturated heterocycles. The third-order valence-electron chi connectivity index (χ3n) is 2.72. The van der Waals surface area contributed by atoms with Crippen LogP contribution in [0.5, 0.6) is 0 Å². The lowest BCUT2D eigenvalue weighted by atomic mass is 10.1. The summed E-state index contributed by atoms with van der Waals surface area (Å²) in [6.45, 7) is 4.38. The first-order chi connectivity index (χ1) is 8.10. The van der Waals surface area contributed by atoms with E-state index in [0.717, 1.165) is 12.1 Å². The number of benzene rings is 1. The Kier molecular flexibility index (Phi) is 4.90. The molecule has 0 aromatic heterocycles. The monoisotopic (exact) mass is 238 g/mol. The number of nitrogens with zero attached hydrogens (tertiary/aromatic N) is 1. The second kappa shape index (κ2) is 6.20. The van der Waals surface area contributed by atoms with Crippen molar-refractivity contribution in [3.8, 4) is 0 Å². The Morgan fingerprint density at radius 3 is 2.76 bits per heavy atom. The van der Waals surface area contributed by atoms with Crippen molar-refractivity contribution in [3.63, 3.8) is 0 Å². The van der Waals surface area contributed by atoms with Gasteiger partial charge < -0.3 is 10.1 Å². The molecular weight excluding hydrogens is 220 g/mol. The zero-order chi connectivity index (χ0) is 12.8. The van der Waals surface area contributed by atoms with Gasteiger partial charge in [0.1, 0.15) is 0 Å². The molecule has 0 aliphatic heterocycles. The molecule has 5 heteroatoms. The number of hydrogen-bond acceptors (Lipinski definition) is 4. The Labute approximate surface area is 101 Å². The molecule has 1 aromatic carbocycles. The fraction of sp³-hybridized carbons (Fsp3) is 0.500. The number of ether oxygens (including phenoxy) is 1. The maximum Gasteiger partial charge on any atom is 0.274 e. The molecule has 0 aliphatic carbocycles. The normalized spacial score (nSPS) is 12.2. The van der Waals surface area contributed by atoms with Gasteiger partial charge in [-0.2, -0.15) is 0 Å². The van der Waals surface area contributed by atoms with Crippen LogP contribution in [0.4, 0.5) is 11.4 Å². The lowest BCUT2D eigenvalue weighted by molar-refractivity contribution is -0.385. The highest BCUT2D eigenvalue weighted by atomic mass is 16.6. The van der Waals surface area contributed by atoms with Gasteiger partial charge in [-0.15, -0.1) is 0 Å². The van der Waals surface area contributed by atoms with E-state index < -0.39 is 0 Å². The van der Waals surface area contributed by atoms with E-state index in [0.29, 0.717) is 12.2 Å². The zero-order valence-corrected chi connectivity index (χ0v) is 10.4. The Hall–Kier alpha value is -1.62. The summed E-state index contributed by atoms with van der Waals surface area (Å²) in [4.78, 5) is 10.4. The molecule has 0 aliphatic rings. The maximum atomic E-state index is 10.8. The number of methoxy groups -OCH3 is 1. The van der Waals surface area contributed by atoms with E-state index in [1.807, 2.05) is 13.0 Å². The quantitative estimate of drug-likeness (QED) is 0.611. The number of rotatable bonds is 6. The first-order valence-corrected chi connectivity index (χ1v) is 5.59. The summed E-state index contributed by atoms with van der Waals surface area (Å²) < 4.78 is 5.09. The van der Waals surface area contributed by atoms with Gasteiger partial charge in [0.2, 0.25) is 0 Å². The van der Waals surface area contributed by atoms with Gasteiger partial charge in [0.25, 0.3) is 5.69 Å². The Bertz CT molecular complexity index is 393. The van der Waals surface area contributed by atoms with Crippen molar-refractivity contribution in [1.29, 1.82) is 0 Å². The van der Waals surface area contributed by atoms with Crippen LogP contribution in [-0.2, 0) is 4.74 Å². The Morgan fingerprint density at radius 1 is 1.53 bits per heavy atom. The molecule has 0 heterocycles. The topological polar surface area (TPSA) is 64.4 Å². The molecule has 0 radical (unpaired) electrons. The van der Waals surface area contributed by atoms with Gasteiger partial charge in [0.15, 0.2) is 0 Å². The largest absolute Gasteiger partial charge is 0.383 e. The standard InChI is InChI=1S/C12H18N2O3/c1-4-10(8-17-3)13-11-6-5-7-12(9(11)2)14(15)16/h5-7,10,13H,4,8H2,1-3H3. The fourth-order valence-electron chi connectivity index (χ4n) is 1.66. The summed E-state index contributed by atoms with van der Waals surface area (Å²) in [5, 5.41) is 14.1. The number of nitro groups is 1. The number of anilines is 1. The van der Waals surface area contributed by atoms with Crippen LogP contribution in [0.25, 0.3) is 0 Å². The summed E-state index contributed by atoms with van der Waals surface area (Å²) in [6, 6.07) is 5.21. The van der Waals surface area contributed by atoms with Gasteiger partial charge in [-0.1, -0.05) is 13.0 Å². The molecular formula is C12H18N2O3. The molecule has 1 aromatic rings. The molecule has 94 valence electrons. The average molecular weight is 238 g/mol. The van der Waals surface area contributed by atoms with E-state index >= 15 is 0 Å². The van der Waals surface area contributed by atoms with Crippen LogP contribution in [0, 0.1) is 17.0 Å². The Morgan fingerprint density at radius 2 is 2.24 bits per heavy atom. The smallest absolute Gasteiger partial charge is 0.274 e. The summed E-state index contributed by atoms with van der Waals surface area (Å²) in [6.07, 6.45) is 0.899. The van der Waals surface area contributed by atoms with E-state index in [2.05, 4.69) is 5.32 Å². The predicted octanol–water partition coefficient (Wildman–Crippen LogP) is 2.74. The minimum atomic E-state index is -0.363. The number of nitrogens with one attached hydrogen (secondary N) is 1. The van der Waals surface area contributed by atoms with Crippen molar-refractivity contribution in [2.24, 2.45) is 0 Å². The molecule has 0 bridgehead atoms. The van der Waals surface area contributed by atoms with Gasteiger partial charge in [-0.3, -0.25) is 10.1 Å². The van der Waals surface area contributed by atoms with E-state index in [1.54, 1.807) is 20.1 Å². The first-order valence-electron chi connectivity index (χ1n) is 5.59. The van der Waals surface area contributed by atoms with Crippen molar-refractivity contribution >= 4 is 11.4 Å². The third kappa shape index (κ3) is 3.42. The van der Waals surface area contributed by atoms with E-state index in [9.17, 15) is 10.1 Å². The van der Waals surface area contributed by atoms with Crippen molar-refractivity contribution in [3.05, 3.63) is 33.9 Å². The third-order valence-corrected chi connectivity index (χ3v) is 2.72. The molecule has 5 nitrogen and oxygen atoms in total. The average Bonchev–Trinajstić information content (AvgIpc) is 2.30. The molecule has 0 spiro atoms. The molecule has 1 N–H and O–H groups in total. The highest BCUT2D eigenvalue weighted by molar-refractivity contribution is 5.60. The molecule has 1 atom stereocenters. The van der Waals surface area contributed by atoms with Crippen LogP contribution in [0.3, 0.4) is 0 Å². The first kappa shape index (κ1) is 13.4. The van der Waals surface area contributed by atoms with Crippen LogP contribution in [0.15, 0.2) is 18.2 Å². The predicted molar refractivity (Wildman–Crippen MR) is 67.4 cm³/mol. The van der Waals surface area contributed by atoms with Crippen LogP contribution < -0.4 is 5.32 Å². The lowest BCUT2D eigenvalue weighted by Gasteiger charge is -2.18. The zero-order valence-electron chi connectivity index (χ0n) is 10.4. The van der Waals surface area contributed by atoms with Crippen LogP contribution in [0.1, 0.15) is 18.9 Å². The molecule has 17 heavy (non-hydrogen) atoms. The minimum absolute atomic E-state index is 0.141. The number of nitro benzene ring substituents is 1. The molecule has 0 fully saturated rings. The molecule has 1 rings (SSSR count). The number of hydrogen-bond donors (Lipinski definition) is 1. The summed E-state index contributed by atoms with van der Waals surface area (Å²) >= 11 is 0. The highest BCUT2D eigenvalue weighted by Crippen LogP contribution is 2.25. The van der Waals surface area contributed by atoms with Gasteiger partial charge in [0, 0.05) is 30.5 Å². The van der Waals surface area contributed by atoms with Crippen molar-refractivity contribution < 1.29 is 9.66 Å². The van der Waals surface area contributed by atoms with E-state index in [-0.39, 0.29) is 16.7 Å². The lowest BCUT2D eigenvalue weighted by Crippen LogP contribution is -2.24. The summed E-state index contributed by atoms with van der Waals surface area (Å²) in [5.74, 6) is 0. The second-order valence-electron chi connectivity index (χ2n) is 3.91. The summed E-state index contributed by atoms with van der Waals surface area (Å²) in [5.41, 5.74) is 1.59. The molecule has 1 unspecified atom stereocenters. The minimum Gasteiger partial charge on any atom is -0.383 e. The van der Waals surface area contributed by atoms with Gasteiger partial charge >= 0.3 is 0 Å². The second-order valence-corrected chi connectivity index (χ2v) is 3.91. The van der Waals surface area contributed by atoms with Crippen molar-refractivity contribution in [1.82, 2.24) is 0 Å². The van der Waals surface area contributed by atoms with E-state index in [4.69, 9.17) is 4.74 Å². The molecule has 0 saturated carbocycles. The van der Waals surface area contributed by atoms with Gasteiger partial charge in [-0.25, -0.2) is 0 Å². The van der Waals surface area contributed by atoms with Gasteiger partial charge in [-0.05, 0) is 19.4 Å². The maximum absolute atomic E-state index is 10.8. The highest BCUT2D eigenvalue weighted by Gasteiger charge is 2.15. The van der Waals surface area contributed by atoms with Crippen LogP contribution in [-0.4, -0.2) is 24.7 Å². The van der Waals surface area contributed by atoms with Gasteiger partial charge in [0.05, 0.1) is 11.5 Å². The van der Waals surface area contributed by atoms with Crippen LogP contribution in [0.2, 0.25) is 0 Å². The molecule has 0 amide bonds. The fourth-order valence-corrected chi connectivity index (χ4v) is 1.66. The SMILES string of the molecule is CCC(COC)Nc1cccc([N+](=O)[O-])c1C. The Balaban J connectivity index is 2.91. The summed E-state index contributed by atoms with van der Waals surface area (Å²) in [7, 11) is 1.64. The van der Waals surface area contributed by atoms with E-state index in [1.165, 1.54) is 6.07 Å². The van der Waals surface area contributed by atoms with Crippen molar-refractivity contribution in [2.45, 2.75) is 26.3 Å².